The van der Waals surface area contributed by atoms with Gasteiger partial charge in [0.2, 0.25) is 0 Å². The zero-order valence-electron chi connectivity index (χ0n) is 4.62. The summed E-state index contributed by atoms with van der Waals surface area (Å²) in [6, 6.07) is 0. The van der Waals surface area contributed by atoms with Gasteiger partial charge in [-0.15, -0.1) is 0 Å². The van der Waals surface area contributed by atoms with Crippen LogP contribution < -0.4 is 6.15 Å². The van der Waals surface area contributed by atoms with Crippen molar-refractivity contribution in [2.75, 3.05) is 0 Å². The third-order valence-electron chi connectivity index (χ3n) is 0. The Balaban J connectivity index is 0. The standard InChI is InChI=1S/Ca.H3N.Pb.Ti.4H/h;1H3;;;;;;/q+2;;;;;;2*-1. The zero-order valence-corrected chi connectivity index (χ0v) is 11.9. The molecule has 0 heterocycles. The molecule has 0 aliphatic heterocycles. The van der Waals surface area contributed by atoms with Gasteiger partial charge in [0, 0.05) is 21.7 Å². The van der Waals surface area contributed by atoms with Gasteiger partial charge in [0.1, 0.15) is 0 Å². The van der Waals surface area contributed by atoms with E-state index in [4.69, 9.17) is 0 Å². The van der Waals surface area contributed by atoms with E-state index in [1.165, 1.54) is 0 Å². The first-order valence-corrected chi connectivity index (χ1v) is 0. The van der Waals surface area contributed by atoms with E-state index >= 15 is 0 Å². The Hall–Kier alpha value is 2.86. The Bertz CT molecular complexity index is 13.5. The van der Waals surface area contributed by atoms with Gasteiger partial charge in [0.05, 0.1) is 0 Å². The molecule has 0 saturated heterocycles. The van der Waals surface area contributed by atoms with Gasteiger partial charge in [-0.3, -0.25) is 0 Å². The molecule has 0 aromatic carbocycles. The minimum atomic E-state index is 0. The maximum absolute atomic E-state index is 0. The Kier molecular flexibility index (Phi) is 122. The van der Waals surface area contributed by atoms with Crippen LogP contribution in [0.5, 0.6) is 0 Å². The van der Waals surface area contributed by atoms with E-state index in [-0.39, 0.29) is 95.8 Å². The van der Waals surface area contributed by atoms with Crippen LogP contribution in [0.15, 0.2) is 0 Å². The van der Waals surface area contributed by atoms with E-state index < -0.39 is 0 Å². The molecule has 0 bridgehead atoms. The molecule has 0 spiro atoms. The Labute approximate surface area is 93.9 Å². The van der Waals surface area contributed by atoms with Crippen LogP contribution in [-0.4, -0.2) is 65.0 Å². The van der Waals surface area contributed by atoms with Crippen LogP contribution in [-0.2, 0) is 21.7 Å². The predicted octanol–water partition coefficient (Wildman–Crippen LogP) is -0.912. The van der Waals surface area contributed by atoms with E-state index in [1.807, 2.05) is 0 Å². The van der Waals surface area contributed by atoms with Crippen LogP contribution in [0.2, 0.25) is 0 Å². The molecule has 0 rings (SSSR count). The smallest absolute Gasteiger partial charge is 0 e. The fourth-order valence-electron chi connectivity index (χ4n) is 0. The summed E-state index contributed by atoms with van der Waals surface area (Å²) in [5.41, 5.74) is 0. The normalized spacial score (nSPS) is 0. The first kappa shape index (κ1) is 28.8. The average Bonchev–Trinajstić information content (AvgIpc) is 0. The van der Waals surface area contributed by atoms with Crippen molar-refractivity contribution in [3.05, 3.63) is 0 Å². The minimum Gasteiger partial charge on any atom is 0 e. The van der Waals surface area contributed by atoms with Crippen LogP contribution in [0, 0.1) is 0 Å². The van der Waals surface area contributed by atoms with Crippen LogP contribution >= 0.6 is 0 Å². The second-order valence-corrected chi connectivity index (χ2v) is 0. The maximum Gasteiger partial charge on any atom is 0 e. The first-order chi connectivity index (χ1) is 0. The summed E-state index contributed by atoms with van der Waals surface area (Å²) in [5.74, 6) is 0. The van der Waals surface area contributed by atoms with Crippen molar-refractivity contribution in [2.24, 2.45) is 0 Å². The molecule has 1 nitrogen and oxygen atoms in total. The van der Waals surface area contributed by atoms with Gasteiger partial charge < -0.3 is 9.00 Å². The number of rotatable bonds is 0. The molecule has 0 amide bonds. The van der Waals surface area contributed by atoms with Gasteiger partial charge >= 0.3 is 65.0 Å². The summed E-state index contributed by atoms with van der Waals surface area (Å²) >= 11 is 0. The van der Waals surface area contributed by atoms with Crippen LogP contribution in [0.25, 0.3) is 0 Å². The molecule has 4 heavy (non-hydrogen) atoms. The largest absolute Gasteiger partial charge is 0 e. The van der Waals surface area contributed by atoms with Crippen molar-refractivity contribution in [1.29, 1.82) is 0 Å². The summed E-state index contributed by atoms with van der Waals surface area (Å²) in [4.78, 5) is 0. The molecule has 0 saturated carbocycles. The molecule has 0 aliphatic carbocycles. The van der Waals surface area contributed by atoms with E-state index in [0.717, 1.165) is 0 Å². The predicted molar refractivity (Wildman–Crippen MR) is 21.5 cm³/mol. The quantitative estimate of drug-likeness (QED) is 0.577. The molecule has 0 unspecified atom stereocenters. The maximum atomic E-state index is 0. The van der Waals surface area contributed by atoms with Gasteiger partial charge in [-0.2, -0.15) is 0 Å². The van der Waals surface area contributed by atoms with Crippen LogP contribution in [0.3, 0.4) is 0 Å². The summed E-state index contributed by atoms with van der Waals surface area (Å²) in [6.45, 7) is 0. The molecule has 0 atom stereocenters. The van der Waals surface area contributed by atoms with Gasteiger partial charge in [-0.25, -0.2) is 0 Å². The topological polar surface area (TPSA) is 35.0 Å². The third-order valence-corrected chi connectivity index (χ3v) is 0. The van der Waals surface area contributed by atoms with Gasteiger partial charge in [-0.1, -0.05) is 0 Å². The summed E-state index contributed by atoms with van der Waals surface area (Å²) in [7, 11) is 0. The molecular weight excluding hydrogens is 309 g/mol. The Morgan fingerprint density at radius 3 is 1.25 bits per heavy atom. The average molecular weight is 316 g/mol. The van der Waals surface area contributed by atoms with Crippen LogP contribution in [0.4, 0.5) is 0 Å². The summed E-state index contributed by atoms with van der Waals surface area (Å²) in [5, 5.41) is 0. The molecule has 0 aromatic heterocycles. The van der Waals surface area contributed by atoms with Crippen molar-refractivity contribution < 1.29 is 24.6 Å². The second kappa shape index (κ2) is 16.9. The van der Waals surface area contributed by atoms with Gasteiger partial charge in [-0.05, 0) is 0 Å². The fraction of sp³-hybridized carbons (Fsp3) is 0. The van der Waals surface area contributed by atoms with E-state index in [2.05, 4.69) is 0 Å². The number of hydrogen-bond acceptors (Lipinski definition) is 1. The van der Waals surface area contributed by atoms with Crippen molar-refractivity contribution in [3.8, 4) is 0 Å². The molecule has 2 radical (unpaired) electrons. The van der Waals surface area contributed by atoms with Crippen LogP contribution in [0.1, 0.15) is 2.85 Å². The molecule has 22 valence electrons. The zero-order chi connectivity index (χ0) is 0. The van der Waals surface area contributed by atoms with E-state index in [9.17, 15) is 0 Å². The molecule has 0 aliphatic rings. The van der Waals surface area contributed by atoms with E-state index in [0.29, 0.717) is 0 Å². The van der Waals surface area contributed by atoms with E-state index in [1.54, 1.807) is 0 Å². The third kappa shape index (κ3) is 8.85. The SMILES string of the molecule is N.[Ca+2].[H-].[H-].[PbH2].[Ti]. The Morgan fingerprint density at radius 2 is 1.25 bits per heavy atom. The van der Waals surface area contributed by atoms with Crippen molar-refractivity contribution in [2.45, 2.75) is 0 Å². The van der Waals surface area contributed by atoms with Crippen molar-refractivity contribution >= 4 is 65.0 Å². The summed E-state index contributed by atoms with van der Waals surface area (Å²) < 4.78 is 0. The summed E-state index contributed by atoms with van der Waals surface area (Å²) in [6.07, 6.45) is 0. The van der Waals surface area contributed by atoms with Crippen molar-refractivity contribution in [1.82, 2.24) is 6.15 Å². The molecular formula is H7CaNPbTi. The second-order valence-electron chi connectivity index (χ2n) is 0. The monoisotopic (exact) mass is 317 g/mol. The number of hydrogen-bond donors (Lipinski definition) is 1. The van der Waals surface area contributed by atoms with Crippen molar-refractivity contribution in [3.63, 3.8) is 0 Å². The van der Waals surface area contributed by atoms with Gasteiger partial charge in [0.15, 0.2) is 0 Å². The molecule has 0 aromatic rings. The fourth-order valence-corrected chi connectivity index (χ4v) is 0. The molecule has 3 N–H and O–H groups in total. The Morgan fingerprint density at radius 1 is 1.25 bits per heavy atom. The van der Waals surface area contributed by atoms with Gasteiger partial charge in [0.25, 0.3) is 0 Å². The molecule has 4 heteroatoms. The molecule has 0 fully saturated rings. The first-order valence-electron chi connectivity index (χ1n) is 0. The minimum absolute atomic E-state index is 0.